The Bertz CT molecular complexity index is 585. The largest absolute Gasteiger partial charge is 0.338 e. The molecule has 0 amide bonds. The summed E-state index contributed by atoms with van der Waals surface area (Å²) in [5.41, 5.74) is 6.60. The summed E-state index contributed by atoms with van der Waals surface area (Å²) < 4.78 is 5.05. The zero-order chi connectivity index (χ0) is 15.4. The molecule has 21 heavy (non-hydrogen) atoms. The molecule has 1 heterocycles. The van der Waals surface area contributed by atoms with Gasteiger partial charge in [-0.05, 0) is 24.6 Å². The first kappa shape index (κ1) is 15.9. The van der Waals surface area contributed by atoms with Gasteiger partial charge in [0.25, 0.3) is 0 Å². The van der Waals surface area contributed by atoms with E-state index in [2.05, 4.69) is 35.0 Å². The zero-order valence-corrected chi connectivity index (χ0v) is 13.3. The number of hydrogen-bond donors (Lipinski definition) is 1. The van der Waals surface area contributed by atoms with E-state index >= 15 is 0 Å². The van der Waals surface area contributed by atoms with Gasteiger partial charge in [0, 0.05) is 11.1 Å². The smallest absolute Gasteiger partial charge is 0.240 e. The predicted octanol–water partition coefficient (Wildman–Crippen LogP) is 3.01. The molecule has 114 valence electrons. The van der Waals surface area contributed by atoms with Gasteiger partial charge in [-0.3, -0.25) is 4.90 Å². The highest BCUT2D eigenvalue weighted by Crippen LogP contribution is 2.32. The van der Waals surface area contributed by atoms with E-state index in [1.807, 2.05) is 25.2 Å². The average molecular weight is 309 g/mol. The van der Waals surface area contributed by atoms with E-state index in [9.17, 15) is 0 Å². The first-order valence-corrected chi connectivity index (χ1v) is 7.37. The highest BCUT2D eigenvalue weighted by molar-refractivity contribution is 6.31. The lowest BCUT2D eigenvalue weighted by Crippen LogP contribution is -2.28. The third-order valence-corrected chi connectivity index (χ3v) is 3.75. The molecule has 1 aromatic carbocycles. The van der Waals surface area contributed by atoms with E-state index < -0.39 is 0 Å². The number of rotatable bonds is 6. The van der Waals surface area contributed by atoms with Crippen LogP contribution in [0.2, 0.25) is 5.02 Å². The van der Waals surface area contributed by atoms with Gasteiger partial charge in [0.05, 0.1) is 13.1 Å². The first-order valence-electron chi connectivity index (χ1n) is 6.99. The molecule has 0 radical (unpaired) electrons. The summed E-state index contributed by atoms with van der Waals surface area (Å²) in [5.74, 6) is 1.49. The number of benzene rings is 1. The van der Waals surface area contributed by atoms with Crippen LogP contribution in [0.4, 0.5) is 0 Å². The van der Waals surface area contributed by atoms with Crippen molar-refractivity contribution >= 4 is 11.6 Å². The van der Waals surface area contributed by atoms with Crippen LogP contribution in [-0.4, -0.2) is 22.1 Å². The molecule has 1 aromatic heterocycles. The van der Waals surface area contributed by atoms with Crippen LogP contribution in [0.1, 0.15) is 37.2 Å². The molecule has 2 N–H and O–H groups in total. The molecule has 0 spiro atoms. The van der Waals surface area contributed by atoms with Crippen LogP contribution in [0.25, 0.3) is 0 Å². The van der Waals surface area contributed by atoms with Crippen molar-refractivity contribution < 1.29 is 4.52 Å². The van der Waals surface area contributed by atoms with Gasteiger partial charge in [-0.15, -0.1) is 0 Å². The van der Waals surface area contributed by atoms with Gasteiger partial charge in [0.15, 0.2) is 5.82 Å². The van der Waals surface area contributed by atoms with Crippen molar-refractivity contribution in [3.63, 3.8) is 0 Å². The number of halogens is 1. The molecule has 0 aliphatic heterocycles. The van der Waals surface area contributed by atoms with E-state index in [1.54, 1.807) is 0 Å². The van der Waals surface area contributed by atoms with E-state index in [0.29, 0.717) is 24.2 Å². The Morgan fingerprint density at radius 2 is 2.05 bits per heavy atom. The van der Waals surface area contributed by atoms with E-state index in [-0.39, 0.29) is 12.6 Å². The quantitative estimate of drug-likeness (QED) is 0.888. The monoisotopic (exact) mass is 308 g/mol. The third kappa shape index (κ3) is 3.81. The lowest BCUT2D eigenvalue weighted by Gasteiger charge is -2.31. The van der Waals surface area contributed by atoms with Crippen LogP contribution in [0.5, 0.6) is 0 Å². The lowest BCUT2D eigenvalue weighted by atomic mass is 9.94. The first-order chi connectivity index (χ1) is 10.0. The minimum atomic E-state index is 0.179. The second-order valence-electron chi connectivity index (χ2n) is 5.43. The molecule has 6 heteroatoms. The van der Waals surface area contributed by atoms with E-state index in [1.165, 1.54) is 0 Å². The molecule has 0 aliphatic carbocycles. The fraction of sp³-hybridized carbons (Fsp3) is 0.467. The summed E-state index contributed by atoms with van der Waals surface area (Å²) in [4.78, 5) is 6.43. The molecular weight excluding hydrogens is 288 g/mol. The normalized spacial score (nSPS) is 13.1. The number of hydrogen-bond acceptors (Lipinski definition) is 5. The standard InChI is InChI=1S/C15H21ClN4O/c1-10(2)15(11-6-4-5-7-12(11)16)20(3)9-13-18-14(8-17)21-19-13/h4-7,10,15H,8-9,17H2,1-3H3. The van der Waals surface area contributed by atoms with Gasteiger partial charge in [0.1, 0.15) is 0 Å². The minimum absolute atomic E-state index is 0.179. The van der Waals surface area contributed by atoms with E-state index in [0.717, 1.165) is 10.6 Å². The van der Waals surface area contributed by atoms with Crippen LogP contribution in [0, 0.1) is 5.92 Å². The Morgan fingerprint density at radius 1 is 1.33 bits per heavy atom. The lowest BCUT2D eigenvalue weighted by molar-refractivity contribution is 0.180. The van der Waals surface area contributed by atoms with Crippen LogP contribution >= 0.6 is 11.6 Å². The summed E-state index contributed by atoms with van der Waals surface area (Å²) >= 11 is 6.34. The Labute approximate surface area is 130 Å². The SMILES string of the molecule is CC(C)C(c1ccccc1Cl)N(C)Cc1noc(CN)n1. The molecule has 2 rings (SSSR count). The molecular formula is C15H21ClN4O. The van der Waals surface area contributed by atoms with Crippen molar-refractivity contribution in [2.24, 2.45) is 11.7 Å². The summed E-state index contributed by atoms with van der Waals surface area (Å²) in [6.07, 6.45) is 0. The van der Waals surface area contributed by atoms with Gasteiger partial charge < -0.3 is 10.3 Å². The van der Waals surface area contributed by atoms with Gasteiger partial charge in [-0.1, -0.05) is 48.8 Å². The maximum atomic E-state index is 6.34. The maximum Gasteiger partial charge on any atom is 0.240 e. The Morgan fingerprint density at radius 3 is 2.62 bits per heavy atom. The highest BCUT2D eigenvalue weighted by Gasteiger charge is 2.24. The predicted molar refractivity (Wildman–Crippen MR) is 82.7 cm³/mol. The van der Waals surface area contributed by atoms with Crippen LogP contribution in [0.15, 0.2) is 28.8 Å². The van der Waals surface area contributed by atoms with Crippen molar-refractivity contribution in [2.45, 2.75) is 33.0 Å². The van der Waals surface area contributed by atoms with Crippen molar-refractivity contribution in [2.75, 3.05) is 7.05 Å². The zero-order valence-electron chi connectivity index (χ0n) is 12.6. The molecule has 2 aromatic rings. The molecule has 1 atom stereocenters. The molecule has 5 nitrogen and oxygen atoms in total. The van der Waals surface area contributed by atoms with Gasteiger partial charge in [0.2, 0.25) is 5.89 Å². The van der Waals surface area contributed by atoms with Crippen LogP contribution in [-0.2, 0) is 13.1 Å². The number of nitrogens with zero attached hydrogens (tertiary/aromatic N) is 3. The Hall–Kier alpha value is -1.43. The summed E-state index contributed by atoms with van der Waals surface area (Å²) in [5, 5.41) is 4.72. The Kier molecular flexibility index (Phi) is 5.33. The van der Waals surface area contributed by atoms with Gasteiger partial charge >= 0.3 is 0 Å². The molecule has 0 bridgehead atoms. The maximum absolute atomic E-state index is 6.34. The Balaban J connectivity index is 2.20. The van der Waals surface area contributed by atoms with Gasteiger partial charge in [-0.25, -0.2) is 0 Å². The second kappa shape index (κ2) is 7.02. The summed E-state index contributed by atoms with van der Waals surface area (Å²) in [6.45, 7) is 5.18. The fourth-order valence-electron chi connectivity index (χ4n) is 2.58. The van der Waals surface area contributed by atoms with Crippen LogP contribution in [0.3, 0.4) is 0 Å². The van der Waals surface area contributed by atoms with Crippen LogP contribution < -0.4 is 5.73 Å². The minimum Gasteiger partial charge on any atom is -0.338 e. The molecule has 0 saturated carbocycles. The second-order valence-corrected chi connectivity index (χ2v) is 5.84. The summed E-state index contributed by atoms with van der Waals surface area (Å²) in [7, 11) is 2.03. The summed E-state index contributed by atoms with van der Waals surface area (Å²) in [6, 6.07) is 8.10. The van der Waals surface area contributed by atoms with E-state index in [4.69, 9.17) is 21.9 Å². The van der Waals surface area contributed by atoms with Crippen molar-refractivity contribution in [1.82, 2.24) is 15.0 Å². The number of aromatic nitrogens is 2. The third-order valence-electron chi connectivity index (χ3n) is 3.41. The molecule has 0 fully saturated rings. The van der Waals surface area contributed by atoms with Crippen molar-refractivity contribution in [1.29, 1.82) is 0 Å². The molecule has 0 saturated heterocycles. The topological polar surface area (TPSA) is 68.2 Å². The average Bonchev–Trinajstić information content (AvgIpc) is 2.88. The highest BCUT2D eigenvalue weighted by atomic mass is 35.5. The fourth-order valence-corrected chi connectivity index (χ4v) is 2.83. The van der Waals surface area contributed by atoms with Crippen molar-refractivity contribution in [3.8, 4) is 0 Å². The van der Waals surface area contributed by atoms with Crippen molar-refractivity contribution in [3.05, 3.63) is 46.6 Å². The molecule has 0 aliphatic rings. The number of nitrogens with two attached hydrogens (primary N) is 1. The van der Waals surface area contributed by atoms with Gasteiger partial charge in [-0.2, -0.15) is 4.98 Å². The molecule has 1 unspecified atom stereocenters.